The van der Waals surface area contributed by atoms with Gasteiger partial charge in [-0.05, 0) is 63.3 Å². The number of nitrogens with one attached hydrogen (secondary N) is 1. The summed E-state index contributed by atoms with van der Waals surface area (Å²) in [6.07, 6.45) is 3.68. The maximum Gasteiger partial charge on any atom is 0.251 e. The van der Waals surface area contributed by atoms with Gasteiger partial charge in [0.1, 0.15) is 11.5 Å². The second-order valence-corrected chi connectivity index (χ2v) is 7.23. The molecule has 1 aromatic carbocycles. The van der Waals surface area contributed by atoms with Crippen LogP contribution in [0, 0.1) is 0 Å². The number of hydrogen-bond donors (Lipinski definition) is 2. The van der Waals surface area contributed by atoms with Crippen molar-refractivity contribution >= 4 is 22.6 Å². The van der Waals surface area contributed by atoms with E-state index in [9.17, 15) is 4.79 Å². The summed E-state index contributed by atoms with van der Waals surface area (Å²) < 4.78 is 1.82. The molecule has 3 heterocycles. The van der Waals surface area contributed by atoms with Gasteiger partial charge in [0.05, 0.1) is 5.52 Å². The van der Waals surface area contributed by atoms with E-state index < -0.39 is 0 Å². The number of carbonyl (C=O) groups is 1. The molecule has 2 aromatic heterocycles. The first-order valence-electron chi connectivity index (χ1n) is 9.19. The third kappa shape index (κ3) is 3.50. The Labute approximate surface area is 158 Å². The molecule has 1 saturated heterocycles. The van der Waals surface area contributed by atoms with Crippen molar-refractivity contribution in [2.75, 3.05) is 25.9 Å². The van der Waals surface area contributed by atoms with E-state index in [1.165, 1.54) is 0 Å². The lowest BCUT2D eigenvalue weighted by Gasteiger charge is -2.29. The Bertz CT molecular complexity index is 970. The number of aromatic nitrogens is 3. The standard InChI is InChI=1S/C20H24N6O/c1-25-9-7-15(8-10-25)23-20(27)13-3-5-17-16(11-13)19(24-26(17)2)14-4-6-18(21)22-12-14/h3-6,11-12,15H,7-10H2,1-2H3,(H2,21,22)(H,23,27). The summed E-state index contributed by atoms with van der Waals surface area (Å²) in [5.41, 5.74) is 8.99. The Balaban J connectivity index is 1.64. The summed E-state index contributed by atoms with van der Waals surface area (Å²) in [6, 6.07) is 9.61. The van der Waals surface area contributed by atoms with Gasteiger partial charge in [-0.15, -0.1) is 0 Å². The lowest BCUT2D eigenvalue weighted by molar-refractivity contribution is 0.0917. The van der Waals surface area contributed by atoms with Gasteiger partial charge in [0.25, 0.3) is 5.91 Å². The molecule has 140 valence electrons. The predicted octanol–water partition coefficient (Wildman–Crippen LogP) is 2.04. The third-order valence-corrected chi connectivity index (χ3v) is 5.23. The molecule has 4 rings (SSSR count). The number of anilines is 1. The maximum atomic E-state index is 12.8. The molecule has 0 radical (unpaired) electrons. The van der Waals surface area contributed by atoms with Crippen molar-refractivity contribution in [3.63, 3.8) is 0 Å². The Morgan fingerprint density at radius 1 is 1.19 bits per heavy atom. The number of rotatable bonds is 3. The van der Waals surface area contributed by atoms with Crippen LogP contribution in [0.5, 0.6) is 0 Å². The molecule has 3 aromatic rings. The molecule has 0 unspecified atom stereocenters. The first-order chi connectivity index (χ1) is 13.0. The molecule has 1 fully saturated rings. The van der Waals surface area contributed by atoms with Crippen LogP contribution in [0.2, 0.25) is 0 Å². The van der Waals surface area contributed by atoms with Crippen LogP contribution in [0.25, 0.3) is 22.2 Å². The summed E-state index contributed by atoms with van der Waals surface area (Å²) in [5, 5.41) is 8.72. The fraction of sp³-hybridized carbons (Fsp3) is 0.350. The number of likely N-dealkylation sites (tertiary alicyclic amines) is 1. The SMILES string of the molecule is CN1CCC(NC(=O)c2ccc3c(c2)c(-c2ccc(N)nc2)nn3C)CC1. The lowest BCUT2D eigenvalue weighted by Crippen LogP contribution is -2.43. The average Bonchev–Trinajstić information content (AvgIpc) is 3.00. The summed E-state index contributed by atoms with van der Waals surface area (Å²) >= 11 is 0. The van der Waals surface area contributed by atoms with Crippen LogP contribution in [-0.4, -0.2) is 51.8 Å². The quantitative estimate of drug-likeness (QED) is 0.742. The predicted molar refractivity (Wildman–Crippen MR) is 106 cm³/mol. The zero-order chi connectivity index (χ0) is 19.0. The number of amides is 1. The molecule has 7 heteroatoms. The minimum Gasteiger partial charge on any atom is -0.384 e. The number of hydrogen-bond acceptors (Lipinski definition) is 5. The van der Waals surface area contributed by atoms with E-state index in [2.05, 4.69) is 27.3 Å². The average molecular weight is 364 g/mol. The van der Waals surface area contributed by atoms with E-state index in [1.54, 1.807) is 12.3 Å². The van der Waals surface area contributed by atoms with Gasteiger partial charge in [-0.2, -0.15) is 5.10 Å². The van der Waals surface area contributed by atoms with E-state index in [0.29, 0.717) is 11.4 Å². The van der Waals surface area contributed by atoms with Crippen LogP contribution in [0.1, 0.15) is 23.2 Å². The third-order valence-electron chi connectivity index (χ3n) is 5.23. The van der Waals surface area contributed by atoms with Crippen molar-refractivity contribution in [1.82, 2.24) is 25.0 Å². The van der Waals surface area contributed by atoms with Crippen LogP contribution in [0.3, 0.4) is 0 Å². The molecular formula is C20H24N6O. The topological polar surface area (TPSA) is 89.1 Å². The second kappa shape index (κ2) is 7.00. The number of nitrogens with two attached hydrogens (primary N) is 1. The highest BCUT2D eigenvalue weighted by atomic mass is 16.1. The van der Waals surface area contributed by atoms with Crippen LogP contribution < -0.4 is 11.1 Å². The van der Waals surface area contributed by atoms with Gasteiger partial charge in [-0.25, -0.2) is 4.98 Å². The van der Waals surface area contributed by atoms with Crippen LogP contribution >= 0.6 is 0 Å². The number of nitrogens with zero attached hydrogens (tertiary/aromatic N) is 4. The molecule has 1 amide bonds. The Morgan fingerprint density at radius 3 is 2.67 bits per heavy atom. The number of piperidine rings is 1. The van der Waals surface area contributed by atoms with Gasteiger partial charge in [0, 0.05) is 35.8 Å². The fourth-order valence-electron chi connectivity index (χ4n) is 3.59. The minimum absolute atomic E-state index is 0.0308. The molecule has 3 N–H and O–H groups in total. The zero-order valence-electron chi connectivity index (χ0n) is 15.6. The van der Waals surface area contributed by atoms with Gasteiger partial charge in [0.15, 0.2) is 0 Å². The first kappa shape index (κ1) is 17.5. The van der Waals surface area contributed by atoms with E-state index in [1.807, 2.05) is 36.0 Å². The number of fused-ring (bicyclic) bond motifs is 1. The monoisotopic (exact) mass is 364 g/mol. The highest BCUT2D eigenvalue weighted by Gasteiger charge is 2.20. The van der Waals surface area contributed by atoms with Gasteiger partial charge >= 0.3 is 0 Å². The van der Waals surface area contributed by atoms with Crippen LogP contribution in [-0.2, 0) is 7.05 Å². The Morgan fingerprint density at radius 2 is 1.96 bits per heavy atom. The highest BCUT2D eigenvalue weighted by molar-refractivity contribution is 6.01. The zero-order valence-corrected chi connectivity index (χ0v) is 15.6. The van der Waals surface area contributed by atoms with E-state index in [-0.39, 0.29) is 11.9 Å². The number of benzene rings is 1. The molecule has 1 aliphatic heterocycles. The first-order valence-corrected chi connectivity index (χ1v) is 9.19. The van der Waals surface area contributed by atoms with Crippen molar-refractivity contribution in [1.29, 1.82) is 0 Å². The molecule has 0 aliphatic carbocycles. The maximum absolute atomic E-state index is 12.8. The van der Waals surface area contributed by atoms with Crippen molar-refractivity contribution in [2.24, 2.45) is 7.05 Å². The molecule has 0 saturated carbocycles. The van der Waals surface area contributed by atoms with Crippen molar-refractivity contribution < 1.29 is 4.79 Å². The van der Waals surface area contributed by atoms with E-state index in [4.69, 9.17) is 5.73 Å². The molecule has 1 aliphatic rings. The van der Waals surface area contributed by atoms with E-state index >= 15 is 0 Å². The van der Waals surface area contributed by atoms with Gasteiger partial charge < -0.3 is 16.0 Å². The summed E-state index contributed by atoms with van der Waals surface area (Å²) in [7, 11) is 4.01. The smallest absolute Gasteiger partial charge is 0.251 e. The lowest BCUT2D eigenvalue weighted by atomic mass is 10.0. The van der Waals surface area contributed by atoms with Crippen LogP contribution in [0.15, 0.2) is 36.5 Å². The van der Waals surface area contributed by atoms with Crippen molar-refractivity contribution in [2.45, 2.75) is 18.9 Å². The Hall–Kier alpha value is -2.93. The summed E-state index contributed by atoms with van der Waals surface area (Å²) in [5.74, 6) is 0.439. The minimum atomic E-state index is -0.0308. The fourth-order valence-corrected chi connectivity index (χ4v) is 3.59. The molecule has 0 spiro atoms. The van der Waals surface area contributed by atoms with Gasteiger partial charge in [-0.3, -0.25) is 9.48 Å². The number of nitrogen functional groups attached to an aromatic ring is 1. The molecular weight excluding hydrogens is 340 g/mol. The summed E-state index contributed by atoms with van der Waals surface area (Å²) in [4.78, 5) is 19.2. The molecule has 0 atom stereocenters. The normalized spacial score (nSPS) is 15.9. The number of pyridine rings is 1. The largest absolute Gasteiger partial charge is 0.384 e. The second-order valence-electron chi connectivity index (χ2n) is 7.23. The number of carbonyl (C=O) groups excluding carboxylic acids is 1. The highest BCUT2D eigenvalue weighted by Crippen LogP contribution is 2.28. The van der Waals surface area contributed by atoms with Crippen molar-refractivity contribution in [3.05, 3.63) is 42.1 Å². The molecule has 27 heavy (non-hydrogen) atoms. The number of aryl methyl sites for hydroxylation is 1. The Kier molecular flexibility index (Phi) is 4.53. The van der Waals surface area contributed by atoms with Gasteiger partial charge in [0.2, 0.25) is 0 Å². The van der Waals surface area contributed by atoms with E-state index in [0.717, 1.165) is 48.1 Å². The summed E-state index contributed by atoms with van der Waals surface area (Å²) in [6.45, 7) is 2.03. The van der Waals surface area contributed by atoms with Gasteiger partial charge in [-0.1, -0.05) is 0 Å². The molecule has 0 bridgehead atoms. The van der Waals surface area contributed by atoms with Crippen molar-refractivity contribution in [3.8, 4) is 11.3 Å². The van der Waals surface area contributed by atoms with Crippen LogP contribution in [0.4, 0.5) is 5.82 Å². The molecule has 7 nitrogen and oxygen atoms in total.